The first-order chi connectivity index (χ1) is 11.9. The van der Waals surface area contributed by atoms with Crippen molar-refractivity contribution in [2.24, 2.45) is 17.0 Å². The Bertz CT molecular complexity index is 702. The first kappa shape index (κ1) is 17.8. The van der Waals surface area contributed by atoms with Crippen LogP contribution in [0.3, 0.4) is 0 Å². The van der Waals surface area contributed by atoms with Crippen molar-refractivity contribution in [3.63, 3.8) is 0 Å². The predicted molar refractivity (Wildman–Crippen MR) is 97.3 cm³/mol. The first-order valence-electron chi connectivity index (χ1n) is 9.24. The van der Waals surface area contributed by atoms with Gasteiger partial charge in [0.25, 0.3) is 0 Å². The maximum Gasteiger partial charge on any atom is 0.151 e. The second-order valence-electron chi connectivity index (χ2n) is 7.86. The molecule has 2 fully saturated rings. The molecule has 2 aliphatic rings. The number of ketones is 2. The molecule has 25 heavy (non-hydrogen) atoms. The molecule has 0 aliphatic heterocycles. The first-order valence-corrected chi connectivity index (χ1v) is 9.24. The molecule has 2 saturated carbocycles. The van der Waals surface area contributed by atoms with Gasteiger partial charge in [0, 0.05) is 12.3 Å². The van der Waals surface area contributed by atoms with E-state index in [2.05, 4.69) is 17.3 Å². The summed E-state index contributed by atoms with van der Waals surface area (Å²) in [5.74, 6) is -0.0645. The molecule has 134 valence electrons. The molecule has 0 bridgehead atoms. The molecule has 2 aliphatic carbocycles. The number of benzene rings is 1. The average Bonchev–Trinajstić information content (AvgIpc) is 2.82. The third-order valence-corrected chi connectivity index (χ3v) is 5.92. The van der Waals surface area contributed by atoms with Crippen LogP contribution in [0.1, 0.15) is 66.7 Å². The standard InChI is InChI=1S/C21H27NO3/c1-12-8-13(2)19(14(3)9-12)20-18(23)11-16(21(20)24)10-15-4-6-17(22-25)7-5-15/h8-9,15-16,20,25H,4-7,10-11H2,1-3H3. The molecular weight excluding hydrogens is 314 g/mol. The van der Waals surface area contributed by atoms with Crippen molar-refractivity contribution in [3.8, 4) is 0 Å². The maximum absolute atomic E-state index is 13.0. The molecule has 4 heteroatoms. The molecule has 0 aromatic heterocycles. The number of carbonyl (C=O) groups is 2. The van der Waals surface area contributed by atoms with Crippen molar-refractivity contribution in [1.82, 2.24) is 0 Å². The Kier molecular flexibility index (Phi) is 5.07. The molecule has 2 atom stereocenters. The van der Waals surface area contributed by atoms with E-state index in [1.165, 1.54) is 0 Å². The van der Waals surface area contributed by atoms with Gasteiger partial charge in [0.05, 0.1) is 5.71 Å². The lowest BCUT2D eigenvalue weighted by molar-refractivity contribution is -0.125. The molecule has 1 aromatic rings. The largest absolute Gasteiger partial charge is 0.411 e. The molecule has 0 saturated heterocycles. The number of Topliss-reactive ketones (excluding diaryl/α,β-unsaturated/α-hetero) is 2. The molecule has 2 unspecified atom stereocenters. The zero-order valence-corrected chi connectivity index (χ0v) is 15.3. The van der Waals surface area contributed by atoms with E-state index in [1.807, 2.05) is 20.8 Å². The summed E-state index contributed by atoms with van der Waals surface area (Å²) in [6.07, 6.45) is 4.68. The maximum atomic E-state index is 13.0. The van der Waals surface area contributed by atoms with Crippen LogP contribution in [-0.2, 0) is 9.59 Å². The van der Waals surface area contributed by atoms with Crippen LogP contribution >= 0.6 is 0 Å². The zero-order valence-electron chi connectivity index (χ0n) is 15.3. The fourth-order valence-electron chi connectivity index (χ4n) is 4.75. The lowest BCUT2D eigenvalue weighted by Gasteiger charge is -2.24. The molecule has 1 aromatic carbocycles. The minimum Gasteiger partial charge on any atom is -0.411 e. The number of aryl methyl sites for hydroxylation is 3. The number of hydrogen-bond donors (Lipinski definition) is 1. The quantitative estimate of drug-likeness (QED) is 0.507. The van der Waals surface area contributed by atoms with E-state index in [9.17, 15) is 9.59 Å². The van der Waals surface area contributed by atoms with Gasteiger partial charge in [0.1, 0.15) is 11.7 Å². The summed E-state index contributed by atoms with van der Waals surface area (Å²) >= 11 is 0. The Hall–Kier alpha value is -1.97. The van der Waals surface area contributed by atoms with Crippen LogP contribution in [0.15, 0.2) is 17.3 Å². The predicted octanol–water partition coefficient (Wildman–Crippen LogP) is 4.26. The van der Waals surface area contributed by atoms with Crippen molar-refractivity contribution in [3.05, 3.63) is 34.4 Å². The highest BCUT2D eigenvalue weighted by Crippen LogP contribution is 2.40. The summed E-state index contributed by atoms with van der Waals surface area (Å²) in [6, 6.07) is 4.13. The van der Waals surface area contributed by atoms with Crippen LogP contribution in [0.25, 0.3) is 0 Å². The minimum absolute atomic E-state index is 0.0819. The van der Waals surface area contributed by atoms with Gasteiger partial charge in [-0.3, -0.25) is 9.59 Å². The lowest BCUT2D eigenvalue weighted by atomic mass is 9.80. The van der Waals surface area contributed by atoms with Gasteiger partial charge in [-0.1, -0.05) is 22.9 Å². The van der Waals surface area contributed by atoms with E-state index in [0.717, 1.165) is 60.1 Å². The summed E-state index contributed by atoms with van der Waals surface area (Å²) in [5, 5.41) is 12.2. The van der Waals surface area contributed by atoms with Gasteiger partial charge in [-0.15, -0.1) is 0 Å². The van der Waals surface area contributed by atoms with Crippen molar-refractivity contribution in [2.75, 3.05) is 0 Å². The number of carbonyl (C=O) groups excluding carboxylic acids is 2. The van der Waals surface area contributed by atoms with Crippen LogP contribution in [-0.4, -0.2) is 22.5 Å². The highest BCUT2D eigenvalue weighted by molar-refractivity contribution is 6.15. The van der Waals surface area contributed by atoms with E-state index in [0.29, 0.717) is 12.3 Å². The summed E-state index contributed by atoms with van der Waals surface area (Å²) in [4.78, 5) is 25.7. The van der Waals surface area contributed by atoms with Crippen LogP contribution in [0.2, 0.25) is 0 Å². The van der Waals surface area contributed by atoms with E-state index in [-0.39, 0.29) is 17.5 Å². The molecule has 0 amide bonds. The summed E-state index contributed by atoms with van der Waals surface area (Å²) in [6.45, 7) is 6.04. The van der Waals surface area contributed by atoms with Gasteiger partial charge in [0.15, 0.2) is 5.78 Å². The topological polar surface area (TPSA) is 66.7 Å². The number of hydrogen-bond acceptors (Lipinski definition) is 4. The van der Waals surface area contributed by atoms with Gasteiger partial charge in [-0.25, -0.2) is 0 Å². The van der Waals surface area contributed by atoms with Crippen LogP contribution in [0.4, 0.5) is 0 Å². The molecular formula is C21H27NO3. The van der Waals surface area contributed by atoms with Gasteiger partial charge in [-0.05, 0) is 75.5 Å². The normalized spacial score (nSPS) is 27.0. The van der Waals surface area contributed by atoms with E-state index < -0.39 is 5.92 Å². The Morgan fingerprint density at radius 3 is 2.24 bits per heavy atom. The fraction of sp³-hybridized carbons (Fsp3) is 0.571. The summed E-state index contributed by atoms with van der Waals surface area (Å²) in [7, 11) is 0. The van der Waals surface area contributed by atoms with Gasteiger partial charge < -0.3 is 5.21 Å². The molecule has 3 rings (SSSR count). The second-order valence-corrected chi connectivity index (χ2v) is 7.86. The summed E-state index contributed by atoms with van der Waals surface area (Å²) < 4.78 is 0. The average molecular weight is 341 g/mol. The van der Waals surface area contributed by atoms with Crippen LogP contribution in [0, 0.1) is 32.6 Å². The van der Waals surface area contributed by atoms with Crippen molar-refractivity contribution in [2.45, 2.75) is 65.2 Å². The lowest BCUT2D eigenvalue weighted by Crippen LogP contribution is -2.21. The minimum atomic E-state index is -0.566. The third-order valence-electron chi connectivity index (χ3n) is 5.92. The van der Waals surface area contributed by atoms with Crippen molar-refractivity contribution in [1.29, 1.82) is 0 Å². The third kappa shape index (κ3) is 3.53. The highest BCUT2D eigenvalue weighted by Gasteiger charge is 2.43. The van der Waals surface area contributed by atoms with Crippen LogP contribution < -0.4 is 0 Å². The van der Waals surface area contributed by atoms with E-state index >= 15 is 0 Å². The molecule has 1 N–H and O–H groups in total. The molecule has 0 spiro atoms. The summed E-state index contributed by atoms with van der Waals surface area (Å²) in [5.41, 5.74) is 5.05. The number of oxime groups is 1. The van der Waals surface area contributed by atoms with E-state index in [1.54, 1.807) is 0 Å². The van der Waals surface area contributed by atoms with Gasteiger partial charge >= 0.3 is 0 Å². The fourth-order valence-corrected chi connectivity index (χ4v) is 4.75. The van der Waals surface area contributed by atoms with Gasteiger partial charge in [0.2, 0.25) is 0 Å². The van der Waals surface area contributed by atoms with Crippen molar-refractivity contribution >= 4 is 17.3 Å². The zero-order chi connectivity index (χ0) is 18.1. The number of rotatable bonds is 3. The molecule has 0 radical (unpaired) electrons. The molecule has 0 heterocycles. The second kappa shape index (κ2) is 7.11. The van der Waals surface area contributed by atoms with Gasteiger partial charge in [-0.2, -0.15) is 0 Å². The van der Waals surface area contributed by atoms with Crippen LogP contribution in [0.5, 0.6) is 0 Å². The van der Waals surface area contributed by atoms with Crippen molar-refractivity contribution < 1.29 is 14.8 Å². The highest BCUT2D eigenvalue weighted by atomic mass is 16.4. The number of nitrogens with zero attached hydrogens (tertiary/aromatic N) is 1. The monoisotopic (exact) mass is 341 g/mol. The Morgan fingerprint density at radius 1 is 1.08 bits per heavy atom. The molecule has 4 nitrogen and oxygen atoms in total. The Balaban J connectivity index is 1.75. The smallest absolute Gasteiger partial charge is 0.151 e. The Morgan fingerprint density at radius 2 is 1.68 bits per heavy atom. The Labute approximate surface area is 149 Å². The van der Waals surface area contributed by atoms with E-state index in [4.69, 9.17) is 5.21 Å². The SMILES string of the molecule is Cc1cc(C)c(C2C(=O)CC(CC3CCC(=NO)CC3)C2=O)c(C)c1.